The van der Waals surface area contributed by atoms with Crippen LogP contribution in [0.25, 0.3) is 0 Å². The van der Waals surface area contributed by atoms with Gasteiger partial charge in [-0.3, -0.25) is 9.59 Å². The molecule has 1 aromatic heterocycles. The third-order valence-corrected chi connectivity index (χ3v) is 6.69. The number of carbonyl (C=O) groups is 2. The van der Waals surface area contributed by atoms with Gasteiger partial charge in [-0.15, -0.1) is 11.3 Å². The van der Waals surface area contributed by atoms with Crippen molar-refractivity contribution in [1.29, 1.82) is 0 Å². The van der Waals surface area contributed by atoms with Crippen LogP contribution in [0.4, 0.5) is 0 Å². The summed E-state index contributed by atoms with van der Waals surface area (Å²) in [6, 6.07) is 10.4. The maximum Gasteiger partial charge on any atom is 0.249 e. The third-order valence-electron chi connectivity index (χ3n) is 5.70. The average molecular weight is 415 g/mol. The van der Waals surface area contributed by atoms with Crippen LogP contribution in [0.2, 0.25) is 0 Å². The van der Waals surface area contributed by atoms with Crippen molar-refractivity contribution in [1.82, 2.24) is 9.80 Å². The van der Waals surface area contributed by atoms with Crippen LogP contribution in [0.5, 0.6) is 0 Å². The molecule has 0 aliphatic carbocycles. The van der Waals surface area contributed by atoms with E-state index in [0.29, 0.717) is 6.54 Å². The van der Waals surface area contributed by atoms with E-state index in [1.165, 1.54) is 23.1 Å². The van der Waals surface area contributed by atoms with E-state index in [4.69, 9.17) is 4.74 Å². The Morgan fingerprint density at radius 1 is 1.28 bits per heavy atom. The molecule has 0 saturated carbocycles. The standard InChI is InChI=1S/C23H30N2O3S/c1-5-17(3)25(22(27)15-28-4)14-21(26)24-12-10-20-19(11-13-29-20)23(24)18-8-6-16(2)7-9-18/h6-9,11,13,17,23H,5,10,12,14-15H2,1-4H3/t17-,23+/m0/s1. The number of hydrogen-bond acceptors (Lipinski definition) is 4. The monoisotopic (exact) mass is 414 g/mol. The van der Waals surface area contributed by atoms with Gasteiger partial charge in [0.2, 0.25) is 11.8 Å². The minimum absolute atomic E-state index is 0.00626. The van der Waals surface area contributed by atoms with E-state index in [9.17, 15) is 9.59 Å². The Balaban J connectivity index is 1.89. The van der Waals surface area contributed by atoms with Gasteiger partial charge < -0.3 is 14.5 Å². The Hall–Kier alpha value is -2.18. The number of hydrogen-bond donors (Lipinski definition) is 0. The van der Waals surface area contributed by atoms with Gasteiger partial charge in [-0.2, -0.15) is 0 Å². The number of rotatable bonds is 7. The van der Waals surface area contributed by atoms with Crippen molar-refractivity contribution in [2.24, 2.45) is 0 Å². The van der Waals surface area contributed by atoms with Gasteiger partial charge in [-0.1, -0.05) is 36.8 Å². The van der Waals surface area contributed by atoms with E-state index in [-0.39, 0.29) is 37.0 Å². The summed E-state index contributed by atoms with van der Waals surface area (Å²) >= 11 is 1.76. The molecule has 0 unspecified atom stereocenters. The van der Waals surface area contributed by atoms with Gasteiger partial charge in [-0.25, -0.2) is 0 Å². The number of methoxy groups -OCH3 is 1. The zero-order valence-electron chi connectivity index (χ0n) is 17.7. The Labute approximate surface area is 177 Å². The molecule has 1 aliphatic heterocycles. The number of amides is 2. The van der Waals surface area contributed by atoms with Gasteiger partial charge in [0.1, 0.15) is 13.2 Å². The number of aryl methyl sites for hydroxylation is 1. The van der Waals surface area contributed by atoms with E-state index >= 15 is 0 Å². The molecule has 6 heteroatoms. The van der Waals surface area contributed by atoms with E-state index < -0.39 is 0 Å². The second-order valence-corrected chi connectivity index (χ2v) is 8.66. The molecule has 1 aliphatic rings. The fourth-order valence-corrected chi connectivity index (χ4v) is 4.75. The highest BCUT2D eigenvalue weighted by atomic mass is 32.1. The highest BCUT2D eigenvalue weighted by molar-refractivity contribution is 7.10. The first kappa shape index (κ1) is 21.5. The molecule has 0 fully saturated rings. The molecule has 2 amide bonds. The first-order valence-corrected chi connectivity index (χ1v) is 11.0. The molecular weight excluding hydrogens is 384 g/mol. The largest absolute Gasteiger partial charge is 0.375 e. The quantitative estimate of drug-likeness (QED) is 0.692. The fourth-order valence-electron chi connectivity index (χ4n) is 3.85. The number of thiophene rings is 1. The minimum Gasteiger partial charge on any atom is -0.375 e. The van der Waals surface area contributed by atoms with Gasteiger partial charge in [0, 0.05) is 24.6 Å². The molecule has 0 N–H and O–H groups in total. The average Bonchev–Trinajstić information content (AvgIpc) is 3.20. The summed E-state index contributed by atoms with van der Waals surface area (Å²) in [7, 11) is 1.50. The van der Waals surface area contributed by atoms with Gasteiger partial charge in [-0.05, 0) is 49.3 Å². The zero-order valence-corrected chi connectivity index (χ0v) is 18.5. The predicted octanol–water partition coefficient (Wildman–Crippen LogP) is 3.80. The molecule has 2 atom stereocenters. The number of carbonyl (C=O) groups excluding carboxylic acids is 2. The van der Waals surface area contributed by atoms with Crippen molar-refractivity contribution in [3.63, 3.8) is 0 Å². The maximum absolute atomic E-state index is 13.4. The molecule has 5 nitrogen and oxygen atoms in total. The van der Waals surface area contributed by atoms with Crippen molar-refractivity contribution in [3.05, 3.63) is 57.3 Å². The number of nitrogens with zero attached hydrogens (tertiary/aromatic N) is 2. The predicted molar refractivity (Wildman–Crippen MR) is 116 cm³/mol. The first-order valence-electron chi connectivity index (χ1n) is 10.2. The summed E-state index contributed by atoms with van der Waals surface area (Å²) in [5.74, 6) is -0.160. The molecule has 0 saturated heterocycles. The molecule has 156 valence electrons. The van der Waals surface area contributed by atoms with Crippen molar-refractivity contribution < 1.29 is 14.3 Å². The van der Waals surface area contributed by atoms with Crippen LogP contribution in [0, 0.1) is 6.92 Å². The van der Waals surface area contributed by atoms with Crippen LogP contribution in [0.15, 0.2) is 35.7 Å². The maximum atomic E-state index is 13.4. The van der Waals surface area contributed by atoms with Crippen molar-refractivity contribution >= 4 is 23.2 Å². The lowest BCUT2D eigenvalue weighted by atomic mass is 9.92. The van der Waals surface area contributed by atoms with Crippen LogP contribution >= 0.6 is 11.3 Å². The van der Waals surface area contributed by atoms with E-state index in [0.717, 1.165) is 18.4 Å². The lowest BCUT2D eigenvalue weighted by Crippen LogP contribution is -2.49. The molecule has 2 heterocycles. The van der Waals surface area contributed by atoms with E-state index in [1.807, 2.05) is 18.7 Å². The van der Waals surface area contributed by atoms with Crippen LogP contribution in [-0.4, -0.2) is 54.5 Å². The van der Waals surface area contributed by atoms with Crippen LogP contribution < -0.4 is 0 Å². The minimum atomic E-state index is -0.143. The molecule has 0 radical (unpaired) electrons. The van der Waals surface area contributed by atoms with E-state index in [2.05, 4.69) is 42.6 Å². The highest BCUT2D eigenvalue weighted by Gasteiger charge is 2.34. The summed E-state index contributed by atoms with van der Waals surface area (Å²) in [5.41, 5.74) is 3.51. The number of fused-ring (bicyclic) bond motifs is 1. The smallest absolute Gasteiger partial charge is 0.249 e. The van der Waals surface area contributed by atoms with Gasteiger partial charge in [0.25, 0.3) is 0 Å². The van der Waals surface area contributed by atoms with Crippen LogP contribution in [0.1, 0.15) is 47.9 Å². The fraction of sp³-hybridized carbons (Fsp3) is 0.478. The SMILES string of the molecule is CC[C@H](C)N(CC(=O)N1CCc2sccc2[C@H]1c1ccc(C)cc1)C(=O)COC. The lowest BCUT2D eigenvalue weighted by Gasteiger charge is -2.38. The Kier molecular flexibility index (Phi) is 7.09. The molecule has 29 heavy (non-hydrogen) atoms. The third kappa shape index (κ3) is 4.70. The van der Waals surface area contributed by atoms with Gasteiger partial charge >= 0.3 is 0 Å². The molecule has 2 aromatic rings. The van der Waals surface area contributed by atoms with Crippen molar-refractivity contribution in [2.45, 2.75) is 45.7 Å². The Morgan fingerprint density at radius 2 is 2.00 bits per heavy atom. The van der Waals surface area contributed by atoms with E-state index in [1.54, 1.807) is 16.2 Å². The van der Waals surface area contributed by atoms with Gasteiger partial charge in [0.05, 0.1) is 6.04 Å². The summed E-state index contributed by atoms with van der Waals surface area (Å²) in [6.45, 7) is 6.81. The number of benzene rings is 1. The highest BCUT2D eigenvalue weighted by Crippen LogP contribution is 2.38. The van der Waals surface area contributed by atoms with Crippen LogP contribution in [0.3, 0.4) is 0 Å². The Morgan fingerprint density at radius 3 is 2.66 bits per heavy atom. The van der Waals surface area contributed by atoms with Crippen molar-refractivity contribution in [3.8, 4) is 0 Å². The summed E-state index contributed by atoms with van der Waals surface area (Å²) in [6.07, 6.45) is 1.65. The lowest BCUT2D eigenvalue weighted by molar-refractivity contribution is -0.145. The molecular formula is C23H30N2O3S. The van der Waals surface area contributed by atoms with Gasteiger partial charge in [0.15, 0.2) is 0 Å². The van der Waals surface area contributed by atoms with Crippen molar-refractivity contribution in [2.75, 3.05) is 26.8 Å². The Bertz CT molecular complexity index is 846. The molecule has 1 aromatic carbocycles. The first-order chi connectivity index (χ1) is 14.0. The number of ether oxygens (including phenoxy) is 1. The van der Waals surface area contributed by atoms with Crippen LogP contribution in [-0.2, 0) is 20.7 Å². The zero-order chi connectivity index (χ0) is 21.0. The molecule has 3 rings (SSSR count). The second-order valence-electron chi connectivity index (χ2n) is 7.66. The summed E-state index contributed by atoms with van der Waals surface area (Å²) in [5, 5.41) is 2.10. The molecule has 0 bridgehead atoms. The second kappa shape index (κ2) is 9.55. The summed E-state index contributed by atoms with van der Waals surface area (Å²) < 4.78 is 5.03. The molecule has 0 spiro atoms. The summed E-state index contributed by atoms with van der Waals surface area (Å²) in [4.78, 5) is 30.9. The topological polar surface area (TPSA) is 49.9 Å². The normalized spacial score (nSPS) is 17.0.